The number of nitriles is 1. The van der Waals surface area contributed by atoms with Crippen LogP contribution in [-0.2, 0) is 0 Å². The van der Waals surface area contributed by atoms with Crippen LogP contribution in [0.25, 0.3) is 0 Å². The van der Waals surface area contributed by atoms with Crippen LogP contribution in [0, 0.1) is 18.3 Å². The molecule has 0 radical (unpaired) electrons. The molecule has 68 valence electrons. The first-order valence-electron chi connectivity index (χ1n) is 3.65. The standard InChI is InChI=1S/C8H6BF3N.K/c1-6-4-7(5-13)2-3-8(6)9(10,11)12;/h2-4H,1H3;/q-1;+1. The van der Waals surface area contributed by atoms with Crippen LogP contribution in [0.1, 0.15) is 11.1 Å². The number of benzene rings is 1. The topological polar surface area (TPSA) is 23.8 Å². The molecule has 1 aromatic rings. The second-order valence-electron chi connectivity index (χ2n) is 2.76. The summed E-state index contributed by atoms with van der Waals surface area (Å²) in [6.45, 7) is -3.61. The molecule has 0 saturated carbocycles. The summed E-state index contributed by atoms with van der Waals surface area (Å²) in [5, 5.41) is 8.43. The molecule has 14 heavy (non-hydrogen) atoms. The van der Waals surface area contributed by atoms with E-state index < -0.39 is 12.4 Å². The number of nitrogens with zero attached hydrogens (tertiary/aromatic N) is 1. The Morgan fingerprint density at radius 1 is 1.29 bits per heavy atom. The fraction of sp³-hybridized carbons (Fsp3) is 0.125. The van der Waals surface area contributed by atoms with Gasteiger partial charge in [-0.1, -0.05) is 11.6 Å². The van der Waals surface area contributed by atoms with Gasteiger partial charge < -0.3 is 12.9 Å². The van der Waals surface area contributed by atoms with Crippen molar-refractivity contribution in [1.82, 2.24) is 0 Å². The summed E-state index contributed by atoms with van der Waals surface area (Å²) in [5.41, 5.74) is -0.271. The third kappa shape index (κ3) is 3.41. The minimum atomic E-state index is -4.96. The molecule has 6 heteroatoms. The van der Waals surface area contributed by atoms with E-state index in [4.69, 9.17) is 5.26 Å². The van der Waals surface area contributed by atoms with Gasteiger partial charge in [0.2, 0.25) is 0 Å². The summed E-state index contributed by atoms with van der Waals surface area (Å²) in [6.07, 6.45) is 0. The van der Waals surface area contributed by atoms with Crippen molar-refractivity contribution in [3.63, 3.8) is 0 Å². The summed E-state index contributed by atoms with van der Waals surface area (Å²) < 4.78 is 36.8. The third-order valence-corrected chi connectivity index (χ3v) is 1.75. The summed E-state index contributed by atoms with van der Waals surface area (Å²) >= 11 is 0. The molecule has 0 spiro atoms. The average molecular weight is 223 g/mol. The second kappa shape index (κ2) is 5.33. The van der Waals surface area contributed by atoms with Gasteiger partial charge in [-0.25, -0.2) is 0 Å². The molecule has 0 heterocycles. The molecule has 0 aliphatic heterocycles. The van der Waals surface area contributed by atoms with Gasteiger partial charge in [0.15, 0.2) is 0 Å². The Bertz CT molecular complexity index is 370. The maximum atomic E-state index is 12.3. The van der Waals surface area contributed by atoms with E-state index in [9.17, 15) is 12.9 Å². The minimum absolute atomic E-state index is 0. The van der Waals surface area contributed by atoms with Gasteiger partial charge in [-0.15, -0.1) is 5.46 Å². The SMILES string of the molecule is Cc1cc(C#N)ccc1[B-](F)(F)F.[K+]. The zero-order chi connectivity index (χ0) is 10.1. The van der Waals surface area contributed by atoms with Crippen molar-refractivity contribution in [3.8, 4) is 6.07 Å². The molecule has 1 aromatic carbocycles. The van der Waals surface area contributed by atoms with E-state index in [1.165, 1.54) is 19.1 Å². The predicted octanol–water partition coefficient (Wildman–Crippen LogP) is -1.07. The maximum absolute atomic E-state index is 12.3. The minimum Gasteiger partial charge on any atom is -0.445 e. The van der Waals surface area contributed by atoms with Crippen molar-refractivity contribution in [1.29, 1.82) is 5.26 Å². The van der Waals surface area contributed by atoms with E-state index in [0.717, 1.165) is 6.07 Å². The van der Waals surface area contributed by atoms with E-state index in [2.05, 4.69) is 0 Å². The van der Waals surface area contributed by atoms with Crippen molar-refractivity contribution in [3.05, 3.63) is 29.3 Å². The second-order valence-corrected chi connectivity index (χ2v) is 2.76. The molecule has 0 fully saturated rings. The largest absolute Gasteiger partial charge is 1.00 e. The van der Waals surface area contributed by atoms with Crippen LogP contribution < -0.4 is 56.8 Å². The first-order valence-corrected chi connectivity index (χ1v) is 3.65. The number of rotatable bonds is 1. The van der Waals surface area contributed by atoms with Crippen LogP contribution in [0.3, 0.4) is 0 Å². The van der Waals surface area contributed by atoms with E-state index in [1.54, 1.807) is 6.07 Å². The van der Waals surface area contributed by atoms with Gasteiger partial charge in [-0.2, -0.15) is 5.26 Å². The van der Waals surface area contributed by atoms with Crippen LogP contribution in [0.15, 0.2) is 18.2 Å². The molecule has 1 nitrogen and oxygen atoms in total. The summed E-state index contributed by atoms with van der Waals surface area (Å²) in [4.78, 5) is 0. The van der Waals surface area contributed by atoms with Crippen molar-refractivity contribution in [2.45, 2.75) is 6.92 Å². The van der Waals surface area contributed by atoms with Crippen LogP contribution in [0.4, 0.5) is 12.9 Å². The predicted molar refractivity (Wildman–Crippen MR) is 44.6 cm³/mol. The maximum Gasteiger partial charge on any atom is 1.00 e. The van der Waals surface area contributed by atoms with Gasteiger partial charge in [0.1, 0.15) is 0 Å². The van der Waals surface area contributed by atoms with E-state index in [-0.39, 0.29) is 62.5 Å². The summed E-state index contributed by atoms with van der Waals surface area (Å²) in [5.74, 6) is 0. The summed E-state index contributed by atoms with van der Waals surface area (Å²) in [7, 11) is 0. The number of halogens is 3. The number of hydrogen-bond donors (Lipinski definition) is 0. The molecule has 0 unspecified atom stereocenters. The van der Waals surface area contributed by atoms with Gasteiger partial charge in [-0.05, 0) is 19.1 Å². The van der Waals surface area contributed by atoms with E-state index >= 15 is 0 Å². The number of hydrogen-bond acceptors (Lipinski definition) is 1. The molecule has 0 aliphatic rings. The zero-order valence-corrected chi connectivity index (χ0v) is 11.0. The molecule has 0 atom stereocenters. The van der Waals surface area contributed by atoms with Crippen LogP contribution in [-0.4, -0.2) is 6.98 Å². The van der Waals surface area contributed by atoms with Crippen LogP contribution >= 0.6 is 0 Å². The van der Waals surface area contributed by atoms with Crippen molar-refractivity contribution in [2.75, 3.05) is 0 Å². The van der Waals surface area contributed by atoms with E-state index in [1.807, 2.05) is 0 Å². The molecular formula is C8H6BF3KN. The van der Waals surface area contributed by atoms with Crippen LogP contribution in [0.2, 0.25) is 0 Å². The van der Waals surface area contributed by atoms with Gasteiger partial charge in [0.25, 0.3) is 0 Å². The first-order chi connectivity index (χ1) is 5.95. The fourth-order valence-electron chi connectivity index (χ4n) is 1.11. The Kier molecular flexibility index (Phi) is 5.41. The Morgan fingerprint density at radius 3 is 2.21 bits per heavy atom. The molecule has 0 aliphatic carbocycles. The van der Waals surface area contributed by atoms with Gasteiger partial charge in [0, 0.05) is 0 Å². The van der Waals surface area contributed by atoms with Crippen molar-refractivity contribution in [2.24, 2.45) is 0 Å². The first kappa shape index (κ1) is 14.2. The Morgan fingerprint density at radius 2 is 1.86 bits per heavy atom. The normalized spacial score (nSPS) is 10.2. The molecule has 0 aromatic heterocycles. The van der Waals surface area contributed by atoms with Gasteiger partial charge >= 0.3 is 58.4 Å². The summed E-state index contributed by atoms with van der Waals surface area (Å²) in [6, 6.07) is 5.16. The molecule has 0 saturated heterocycles. The quantitative estimate of drug-likeness (QED) is 0.556. The fourth-order valence-corrected chi connectivity index (χ4v) is 1.11. The molecule has 0 bridgehead atoms. The Labute approximate surface area is 123 Å². The molecule has 0 N–H and O–H groups in total. The monoisotopic (exact) mass is 223 g/mol. The van der Waals surface area contributed by atoms with E-state index in [0.29, 0.717) is 0 Å². The molecule has 1 rings (SSSR count). The Balaban J connectivity index is 0.00000169. The average Bonchev–Trinajstić information content (AvgIpc) is 2.01. The smallest absolute Gasteiger partial charge is 0.445 e. The molecular weight excluding hydrogens is 217 g/mol. The zero-order valence-electron chi connectivity index (χ0n) is 7.89. The molecule has 0 amide bonds. The Hall–Kier alpha value is 0.201. The van der Waals surface area contributed by atoms with Crippen molar-refractivity contribution < 1.29 is 64.3 Å². The van der Waals surface area contributed by atoms with Gasteiger partial charge in [0.05, 0.1) is 11.6 Å². The third-order valence-electron chi connectivity index (χ3n) is 1.75. The number of aryl methyl sites for hydroxylation is 1. The van der Waals surface area contributed by atoms with Crippen LogP contribution in [0.5, 0.6) is 0 Å². The van der Waals surface area contributed by atoms with Gasteiger partial charge in [-0.3, -0.25) is 0 Å². The van der Waals surface area contributed by atoms with Crippen molar-refractivity contribution >= 4 is 12.4 Å².